The van der Waals surface area contributed by atoms with Gasteiger partial charge in [0.25, 0.3) is 5.91 Å². The maximum absolute atomic E-state index is 12.6. The van der Waals surface area contributed by atoms with Crippen molar-refractivity contribution in [1.29, 1.82) is 0 Å². The minimum absolute atomic E-state index is 0.0637. The van der Waals surface area contributed by atoms with E-state index in [1.165, 1.54) is 18.2 Å². The normalized spacial score (nSPS) is 16.0. The number of nitrogens with one attached hydrogen (secondary N) is 2. The summed E-state index contributed by atoms with van der Waals surface area (Å²) in [6.45, 7) is 0. The van der Waals surface area contributed by atoms with Crippen molar-refractivity contribution in [2.45, 2.75) is 6.42 Å². The molecule has 0 unspecified atom stereocenters. The number of anilines is 2. The molecule has 1 aliphatic heterocycles. The molecular weight excluding hydrogens is 392 g/mol. The van der Waals surface area contributed by atoms with E-state index in [9.17, 15) is 18.0 Å². The molecule has 2 aromatic carbocycles. The summed E-state index contributed by atoms with van der Waals surface area (Å²) in [7, 11) is -3.72. The lowest BCUT2D eigenvalue weighted by atomic mass is 10.1. The number of benzene rings is 2. The lowest BCUT2D eigenvalue weighted by Gasteiger charge is -2.16. The monoisotopic (exact) mass is 404 g/mol. The van der Waals surface area contributed by atoms with Crippen LogP contribution in [0.5, 0.6) is 0 Å². The molecule has 2 N–H and O–H groups in total. The summed E-state index contributed by atoms with van der Waals surface area (Å²) in [5, 5.41) is 10.5. The van der Waals surface area contributed by atoms with Crippen LogP contribution >= 0.6 is 11.6 Å². The number of aromatic amines is 1. The van der Waals surface area contributed by atoms with Gasteiger partial charge in [-0.15, -0.1) is 0 Å². The largest absolute Gasteiger partial charge is 0.322 e. The highest BCUT2D eigenvalue weighted by molar-refractivity contribution is 7.94. The van der Waals surface area contributed by atoms with Crippen LogP contribution in [0.1, 0.15) is 16.8 Å². The quantitative estimate of drug-likeness (QED) is 0.696. The highest BCUT2D eigenvalue weighted by Gasteiger charge is 2.36. The second kappa shape index (κ2) is 6.36. The van der Waals surface area contributed by atoms with Crippen LogP contribution in [-0.4, -0.2) is 36.2 Å². The number of halogens is 1. The van der Waals surface area contributed by atoms with Crippen LogP contribution in [0.3, 0.4) is 0 Å². The molecule has 4 rings (SSSR count). The van der Waals surface area contributed by atoms with Crippen LogP contribution in [0.4, 0.5) is 11.4 Å². The first-order valence-corrected chi connectivity index (χ1v) is 9.94. The van der Waals surface area contributed by atoms with Crippen LogP contribution in [0.25, 0.3) is 10.9 Å². The number of hydrogen-bond acceptors (Lipinski definition) is 5. The molecule has 0 bridgehead atoms. The summed E-state index contributed by atoms with van der Waals surface area (Å²) >= 11 is 6.12. The van der Waals surface area contributed by atoms with Crippen LogP contribution in [0.15, 0.2) is 42.6 Å². The Bertz CT molecular complexity index is 1190. The third-order valence-corrected chi connectivity index (χ3v) is 6.23. The number of fused-ring (bicyclic) bond motifs is 1. The topological polar surface area (TPSA) is 112 Å². The molecule has 0 spiro atoms. The minimum Gasteiger partial charge on any atom is -0.322 e. The first-order chi connectivity index (χ1) is 12.8. The summed E-state index contributed by atoms with van der Waals surface area (Å²) < 4.78 is 24.9. The molecule has 3 aromatic rings. The number of H-pyrrole nitrogens is 1. The fraction of sp³-hybridized carbons (Fsp3) is 0.118. The minimum atomic E-state index is -3.72. The van der Waals surface area contributed by atoms with E-state index in [1.54, 1.807) is 24.4 Å². The molecule has 138 valence electrons. The Morgan fingerprint density at radius 3 is 2.78 bits per heavy atom. The van der Waals surface area contributed by atoms with Gasteiger partial charge in [0.2, 0.25) is 15.9 Å². The fourth-order valence-corrected chi connectivity index (χ4v) is 4.55. The third kappa shape index (κ3) is 3.15. The molecule has 1 fully saturated rings. The summed E-state index contributed by atoms with van der Waals surface area (Å²) in [4.78, 5) is 24.6. The van der Waals surface area contributed by atoms with Gasteiger partial charge in [-0.2, -0.15) is 5.10 Å². The average molecular weight is 405 g/mol. The summed E-state index contributed by atoms with van der Waals surface area (Å²) in [6, 6.07) is 9.31. The smallest absolute Gasteiger partial charge is 0.257 e. The van der Waals surface area contributed by atoms with Gasteiger partial charge >= 0.3 is 0 Å². The van der Waals surface area contributed by atoms with Gasteiger partial charge in [0.1, 0.15) is 0 Å². The highest BCUT2D eigenvalue weighted by atomic mass is 35.5. The van der Waals surface area contributed by atoms with Crippen molar-refractivity contribution in [3.05, 3.63) is 53.2 Å². The fourth-order valence-electron chi connectivity index (χ4n) is 2.90. The Labute approximate surface area is 159 Å². The maximum Gasteiger partial charge on any atom is 0.257 e. The Kier molecular flexibility index (Phi) is 4.12. The molecule has 10 heteroatoms. The molecule has 2 heterocycles. The number of amides is 2. The summed E-state index contributed by atoms with van der Waals surface area (Å²) in [6.07, 6.45) is 1.57. The number of sulfonamides is 1. The van der Waals surface area contributed by atoms with Crippen LogP contribution in [0.2, 0.25) is 5.02 Å². The van der Waals surface area contributed by atoms with E-state index < -0.39 is 21.8 Å². The van der Waals surface area contributed by atoms with Crippen molar-refractivity contribution < 1.29 is 18.0 Å². The molecule has 27 heavy (non-hydrogen) atoms. The zero-order valence-electron chi connectivity index (χ0n) is 13.8. The van der Waals surface area contributed by atoms with Gasteiger partial charge in [-0.05, 0) is 36.4 Å². The second-order valence-electron chi connectivity index (χ2n) is 6.01. The Balaban J connectivity index is 1.66. The van der Waals surface area contributed by atoms with E-state index in [0.29, 0.717) is 5.69 Å². The maximum atomic E-state index is 12.6. The lowest BCUT2D eigenvalue weighted by Crippen LogP contribution is -2.29. The average Bonchev–Trinajstić information content (AvgIpc) is 3.19. The van der Waals surface area contributed by atoms with Crippen molar-refractivity contribution in [3.63, 3.8) is 0 Å². The zero-order valence-corrected chi connectivity index (χ0v) is 15.3. The van der Waals surface area contributed by atoms with E-state index in [1.807, 2.05) is 0 Å². The van der Waals surface area contributed by atoms with Gasteiger partial charge in [0.15, 0.2) is 0 Å². The number of rotatable bonds is 3. The number of hydrogen-bond donors (Lipinski definition) is 2. The lowest BCUT2D eigenvalue weighted by molar-refractivity contribution is -0.116. The number of carbonyl (C=O) groups is 2. The second-order valence-corrected chi connectivity index (χ2v) is 8.36. The van der Waals surface area contributed by atoms with Gasteiger partial charge in [-0.25, -0.2) is 12.7 Å². The molecule has 0 radical (unpaired) electrons. The van der Waals surface area contributed by atoms with E-state index >= 15 is 0 Å². The van der Waals surface area contributed by atoms with E-state index in [0.717, 1.165) is 15.2 Å². The molecule has 0 aliphatic carbocycles. The Hall–Kier alpha value is -2.91. The molecule has 1 saturated heterocycles. The van der Waals surface area contributed by atoms with E-state index in [-0.39, 0.29) is 28.4 Å². The van der Waals surface area contributed by atoms with Gasteiger partial charge < -0.3 is 5.32 Å². The summed E-state index contributed by atoms with van der Waals surface area (Å²) in [5.41, 5.74) is 1.43. The molecule has 0 saturated carbocycles. The van der Waals surface area contributed by atoms with Gasteiger partial charge in [-0.1, -0.05) is 11.6 Å². The highest BCUT2D eigenvalue weighted by Crippen LogP contribution is 2.29. The first-order valence-electron chi connectivity index (χ1n) is 7.95. The molecule has 8 nitrogen and oxygen atoms in total. The Morgan fingerprint density at radius 2 is 2.04 bits per heavy atom. The predicted molar refractivity (Wildman–Crippen MR) is 101 cm³/mol. The van der Waals surface area contributed by atoms with E-state index in [4.69, 9.17) is 11.6 Å². The summed E-state index contributed by atoms with van der Waals surface area (Å²) in [5.74, 6) is -1.31. The third-order valence-electron chi connectivity index (χ3n) is 4.21. The number of aromatic nitrogens is 2. The van der Waals surface area contributed by atoms with Crippen molar-refractivity contribution in [3.8, 4) is 0 Å². The van der Waals surface area contributed by atoms with E-state index in [2.05, 4.69) is 15.5 Å². The van der Waals surface area contributed by atoms with Crippen molar-refractivity contribution in [2.24, 2.45) is 0 Å². The molecule has 1 aliphatic rings. The van der Waals surface area contributed by atoms with Crippen molar-refractivity contribution >= 4 is 55.7 Å². The molecule has 2 amide bonds. The van der Waals surface area contributed by atoms with Crippen LogP contribution in [0, 0.1) is 0 Å². The van der Waals surface area contributed by atoms with Crippen molar-refractivity contribution in [1.82, 2.24) is 10.2 Å². The number of carbonyl (C=O) groups excluding carboxylic acids is 2. The van der Waals surface area contributed by atoms with Gasteiger partial charge in [0.05, 0.1) is 33.7 Å². The van der Waals surface area contributed by atoms with Gasteiger partial charge in [-0.3, -0.25) is 14.7 Å². The number of nitrogens with zero attached hydrogens (tertiary/aromatic N) is 2. The zero-order chi connectivity index (χ0) is 19.2. The Morgan fingerprint density at radius 1 is 1.22 bits per heavy atom. The van der Waals surface area contributed by atoms with Crippen LogP contribution in [-0.2, 0) is 14.8 Å². The first kappa shape index (κ1) is 17.5. The van der Waals surface area contributed by atoms with Crippen molar-refractivity contribution in [2.75, 3.05) is 15.4 Å². The van der Waals surface area contributed by atoms with Gasteiger partial charge in [0, 0.05) is 17.5 Å². The molecule has 1 aromatic heterocycles. The SMILES string of the molecule is O=C(Nc1ccc2cn[nH]c2c1)c1cc(N2C(=O)CCS2(=O)=O)ccc1Cl. The molecule has 0 atom stereocenters. The standard InChI is InChI=1S/C17H13ClN4O4S/c18-14-4-3-12(22-16(23)5-6-27(22,25)26)8-13(14)17(24)20-11-2-1-10-9-19-21-15(10)7-11/h1-4,7-9H,5-6H2,(H,19,21)(H,20,24). The molecular formula is C17H13ClN4O4S. The van der Waals surface area contributed by atoms with Crippen LogP contribution < -0.4 is 9.62 Å². The predicted octanol–water partition coefficient (Wildman–Crippen LogP) is 2.54.